The summed E-state index contributed by atoms with van der Waals surface area (Å²) in [6.07, 6.45) is -4.79. The van der Waals surface area contributed by atoms with E-state index in [0.717, 1.165) is 18.2 Å². The van der Waals surface area contributed by atoms with Crippen LogP contribution in [0, 0.1) is 6.92 Å². The predicted molar refractivity (Wildman–Crippen MR) is 95.5 cm³/mol. The number of rotatable bonds is 9. The topological polar surface area (TPSA) is 99.1 Å². The Morgan fingerprint density at radius 2 is 2.04 bits per heavy atom. The minimum Gasteiger partial charge on any atom is -0.402 e. The van der Waals surface area contributed by atoms with Gasteiger partial charge in [0.15, 0.2) is 0 Å². The molecule has 7 nitrogen and oxygen atoms in total. The molecular weight excluding hydrogens is 380 g/mol. The van der Waals surface area contributed by atoms with Crippen molar-refractivity contribution < 1.29 is 37.5 Å². The molecule has 0 unspecified atom stereocenters. The van der Waals surface area contributed by atoms with Crippen molar-refractivity contribution in [3.63, 3.8) is 0 Å². The number of nitrogens with zero attached hydrogens (tertiary/aromatic N) is 1. The lowest BCUT2D eigenvalue weighted by Crippen LogP contribution is -2.47. The quantitative estimate of drug-likeness (QED) is 0.326. The molecule has 11 heteroatoms. The Balaban J connectivity index is 2.90. The van der Waals surface area contributed by atoms with E-state index in [0.29, 0.717) is 11.1 Å². The minimum atomic E-state index is -4.49. The molecule has 1 rings (SSSR count). The first-order valence-corrected chi connectivity index (χ1v) is 8.37. The Morgan fingerprint density at radius 3 is 2.50 bits per heavy atom. The molecule has 0 fully saturated rings. The molecule has 0 spiro atoms. The molecule has 1 aromatic rings. The summed E-state index contributed by atoms with van der Waals surface area (Å²) in [6, 6.07) is 3.06. The summed E-state index contributed by atoms with van der Waals surface area (Å²) in [5.74, 6) is -1.11. The fourth-order valence-electron chi connectivity index (χ4n) is 2.45. The molecule has 0 aliphatic rings. The number of benzene rings is 1. The van der Waals surface area contributed by atoms with Crippen LogP contribution in [-0.4, -0.2) is 53.4 Å². The van der Waals surface area contributed by atoms with Crippen LogP contribution >= 0.6 is 0 Å². The van der Waals surface area contributed by atoms with Gasteiger partial charge in [0, 0.05) is 13.0 Å². The summed E-state index contributed by atoms with van der Waals surface area (Å²) in [5.41, 5.74) is -0.116. The van der Waals surface area contributed by atoms with Crippen LogP contribution in [0.5, 0.6) is 0 Å². The van der Waals surface area contributed by atoms with Gasteiger partial charge in [-0.1, -0.05) is 12.6 Å². The number of amides is 2. The normalized spacial score (nSPS) is 12.2. The van der Waals surface area contributed by atoms with E-state index in [1.54, 1.807) is 6.92 Å². The third kappa shape index (κ3) is 7.33. The molecule has 1 aromatic carbocycles. The molecule has 1 atom stereocenters. The van der Waals surface area contributed by atoms with E-state index in [2.05, 4.69) is 11.9 Å². The first-order valence-electron chi connectivity index (χ1n) is 8.37. The summed E-state index contributed by atoms with van der Waals surface area (Å²) in [5, 5.41) is 20.5. The lowest BCUT2D eigenvalue weighted by molar-refractivity contribution is -0.137. The summed E-state index contributed by atoms with van der Waals surface area (Å²) < 4.78 is 43.1. The number of hydrogen-bond donors (Lipinski definition) is 3. The maximum Gasteiger partial charge on any atom is 0.635 e. The second kappa shape index (κ2) is 10.3. The van der Waals surface area contributed by atoms with Crippen LogP contribution in [0.3, 0.4) is 0 Å². The SMILES string of the molecule is C=CC(=O)N(CC)CC(=O)N[C@@H](Cc1ccc(C(F)(F)F)cc1C)OB(O)O. The highest BCUT2D eigenvalue weighted by Gasteiger charge is 2.31. The Morgan fingerprint density at radius 1 is 1.39 bits per heavy atom. The van der Waals surface area contributed by atoms with Gasteiger partial charge in [-0.3, -0.25) is 9.59 Å². The second-order valence-corrected chi connectivity index (χ2v) is 5.92. The molecular formula is C17H22BF3N2O5. The largest absolute Gasteiger partial charge is 0.635 e. The van der Waals surface area contributed by atoms with Crippen LogP contribution in [0.25, 0.3) is 0 Å². The highest BCUT2D eigenvalue weighted by Crippen LogP contribution is 2.30. The highest BCUT2D eigenvalue weighted by molar-refractivity contribution is 6.32. The third-order valence-corrected chi connectivity index (χ3v) is 3.89. The molecule has 0 bridgehead atoms. The van der Waals surface area contributed by atoms with E-state index in [9.17, 15) is 22.8 Å². The number of hydrogen-bond acceptors (Lipinski definition) is 5. The van der Waals surface area contributed by atoms with E-state index in [-0.39, 0.29) is 19.5 Å². The van der Waals surface area contributed by atoms with Crippen LogP contribution < -0.4 is 5.32 Å². The number of alkyl halides is 3. The van der Waals surface area contributed by atoms with E-state index in [1.165, 1.54) is 17.9 Å². The minimum absolute atomic E-state index is 0.116. The summed E-state index contributed by atoms with van der Waals surface area (Å²) in [7, 11) is -2.21. The lowest BCUT2D eigenvalue weighted by atomic mass is 10.0. The number of likely N-dealkylation sites (N-methyl/N-ethyl adjacent to an activating group) is 1. The van der Waals surface area contributed by atoms with Gasteiger partial charge in [-0.2, -0.15) is 13.2 Å². The number of halogens is 3. The number of carbonyl (C=O) groups excluding carboxylic acids is 2. The molecule has 2 amide bonds. The second-order valence-electron chi connectivity index (χ2n) is 5.92. The van der Waals surface area contributed by atoms with Gasteiger partial charge in [0.2, 0.25) is 11.8 Å². The molecule has 0 aliphatic carbocycles. The number of aryl methyl sites for hydroxylation is 1. The van der Waals surface area contributed by atoms with Gasteiger partial charge in [-0.15, -0.1) is 0 Å². The zero-order valence-electron chi connectivity index (χ0n) is 15.5. The average molecular weight is 402 g/mol. The summed E-state index contributed by atoms with van der Waals surface area (Å²) >= 11 is 0. The van der Waals surface area contributed by atoms with Gasteiger partial charge < -0.3 is 24.9 Å². The molecule has 0 aliphatic heterocycles. The van der Waals surface area contributed by atoms with Crippen molar-refractivity contribution in [2.45, 2.75) is 32.7 Å². The molecule has 154 valence electrons. The zero-order chi connectivity index (χ0) is 21.5. The lowest BCUT2D eigenvalue weighted by Gasteiger charge is -2.23. The van der Waals surface area contributed by atoms with E-state index < -0.39 is 37.1 Å². The van der Waals surface area contributed by atoms with E-state index in [4.69, 9.17) is 14.7 Å². The smallest absolute Gasteiger partial charge is 0.402 e. The van der Waals surface area contributed by atoms with Gasteiger partial charge in [-0.05, 0) is 43.2 Å². The maximum absolute atomic E-state index is 12.8. The Bertz CT molecular complexity index is 713. The van der Waals surface area contributed by atoms with Gasteiger partial charge in [-0.25, -0.2) is 0 Å². The molecule has 0 saturated carbocycles. The summed E-state index contributed by atoms with van der Waals surface area (Å²) in [6.45, 7) is 6.37. The molecule has 3 N–H and O–H groups in total. The third-order valence-electron chi connectivity index (χ3n) is 3.89. The standard InChI is InChI=1S/C17H22BF3N2O5/c1-4-16(25)23(5-2)10-14(24)22-15(28-18(26)27)9-12-6-7-13(8-11(12)3)17(19,20)21/h4,6-8,15,26-27H,1,5,9-10H2,2-3H3,(H,22,24)/t15-/m1/s1. The molecule has 28 heavy (non-hydrogen) atoms. The van der Waals surface area contributed by atoms with Crippen molar-refractivity contribution in [3.05, 3.63) is 47.5 Å². The summed E-state index contributed by atoms with van der Waals surface area (Å²) in [4.78, 5) is 25.0. The van der Waals surface area contributed by atoms with Crippen LogP contribution in [0.1, 0.15) is 23.6 Å². The molecule has 0 aromatic heterocycles. The van der Waals surface area contributed by atoms with Crippen molar-refractivity contribution in [1.82, 2.24) is 10.2 Å². The Hall–Kier alpha value is -2.37. The van der Waals surface area contributed by atoms with E-state index in [1.807, 2.05) is 0 Å². The molecule has 0 radical (unpaired) electrons. The predicted octanol–water partition coefficient (Wildman–Crippen LogP) is 1.02. The van der Waals surface area contributed by atoms with Crippen LogP contribution in [-0.2, 0) is 26.8 Å². The van der Waals surface area contributed by atoms with Crippen molar-refractivity contribution in [2.75, 3.05) is 13.1 Å². The van der Waals surface area contributed by atoms with Crippen molar-refractivity contribution in [3.8, 4) is 0 Å². The zero-order valence-corrected chi connectivity index (χ0v) is 15.5. The fraction of sp³-hybridized carbons (Fsp3) is 0.412. The van der Waals surface area contributed by atoms with Gasteiger partial charge in [0.1, 0.15) is 6.23 Å². The highest BCUT2D eigenvalue weighted by atomic mass is 19.4. The molecule has 0 saturated heterocycles. The van der Waals surface area contributed by atoms with Crippen LogP contribution in [0.2, 0.25) is 0 Å². The Kier molecular flexibility index (Phi) is 8.67. The van der Waals surface area contributed by atoms with Gasteiger partial charge in [0.25, 0.3) is 0 Å². The average Bonchev–Trinajstić information content (AvgIpc) is 2.59. The van der Waals surface area contributed by atoms with Gasteiger partial charge in [0.05, 0.1) is 12.1 Å². The maximum atomic E-state index is 12.8. The van der Waals surface area contributed by atoms with Gasteiger partial charge >= 0.3 is 13.5 Å². The Labute approximate surface area is 161 Å². The van der Waals surface area contributed by atoms with E-state index >= 15 is 0 Å². The van der Waals surface area contributed by atoms with Crippen LogP contribution in [0.4, 0.5) is 13.2 Å². The number of nitrogens with one attached hydrogen (secondary N) is 1. The van der Waals surface area contributed by atoms with Crippen molar-refractivity contribution in [2.24, 2.45) is 0 Å². The van der Waals surface area contributed by atoms with Crippen molar-refractivity contribution >= 4 is 19.1 Å². The van der Waals surface area contributed by atoms with Crippen LogP contribution in [0.15, 0.2) is 30.9 Å². The van der Waals surface area contributed by atoms with Crippen molar-refractivity contribution in [1.29, 1.82) is 0 Å². The molecule has 0 heterocycles. The monoisotopic (exact) mass is 402 g/mol. The fourth-order valence-corrected chi connectivity index (χ4v) is 2.45. The first kappa shape index (κ1) is 23.7. The number of carbonyl (C=O) groups is 2. The first-order chi connectivity index (χ1) is 13.0.